The summed E-state index contributed by atoms with van der Waals surface area (Å²) in [5.74, 6) is -5.03. The summed E-state index contributed by atoms with van der Waals surface area (Å²) in [6.07, 6.45) is 1.84. The second-order valence-electron chi connectivity index (χ2n) is 11.4. The van der Waals surface area contributed by atoms with Gasteiger partial charge in [0.25, 0.3) is 0 Å². The van der Waals surface area contributed by atoms with Crippen LogP contribution < -0.4 is 43.8 Å². The lowest BCUT2D eigenvalue weighted by Crippen LogP contribution is -2.57. The maximum absolute atomic E-state index is 13.3. The van der Waals surface area contributed by atoms with E-state index in [4.69, 9.17) is 22.6 Å². The van der Waals surface area contributed by atoms with Gasteiger partial charge >= 0.3 is 5.97 Å². The number of nitrogens with two attached hydrogens (primary N) is 3. The quantitative estimate of drug-likeness (QED) is 0.0419. The van der Waals surface area contributed by atoms with Crippen molar-refractivity contribution in [3.63, 3.8) is 0 Å². The van der Waals surface area contributed by atoms with Crippen LogP contribution in [0.15, 0.2) is 30.3 Å². The first-order valence-corrected chi connectivity index (χ1v) is 15.4. The standard InChI is InChI=1S/C30H47N9O7/c1-17(25(41)37-22(12-13-24(32)40)28(44)39-23(29(45)46)10-5-6-14-31)36-27(43)21(11-7-15-35-30(33)34)38-26(42)20-16-19(20)18-8-3-2-4-9-18/h2-4,8-9,17,19-23H,5-7,10-16,31H2,1H3,(H2,32,40)(H,36,43)(H,37,41)(H,38,42)(H,39,44)(H,45,46)(H4,33,34,35)/t17?,19-,20-,21-,22-,23?/m0/s1. The number of aliphatic carboxylic acids is 1. The Morgan fingerprint density at radius 3 is 2.07 bits per heavy atom. The number of rotatable bonds is 21. The van der Waals surface area contributed by atoms with Crippen LogP contribution in [0.2, 0.25) is 0 Å². The second-order valence-corrected chi connectivity index (χ2v) is 11.4. The summed E-state index contributed by atoms with van der Waals surface area (Å²) in [5.41, 5.74) is 17.0. The van der Waals surface area contributed by atoms with Gasteiger partial charge in [0.1, 0.15) is 24.2 Å². The molecule has 0 heterocycles. The molecule has 2 rings (SSSR count). The van der Waals surface area contributed by atoms with Gasteiger partial charge in [-0.1, -0.05) is 30.3 Å². The van der Waals surface area contributed by atoms with Gasteiger partial charge in [-0.05, 0) is 69.9 Å². The lowest BCUT2D eigenvalue weighted by Gasteiger charge is -2.24. The van der Waals surface area contributed by atoms with Crippen LogP contribution in [0.1, 0.15) is 69.8 Å². The molecular weight excluding hydrogens is 598 g/mol. The molecular formula is C30H47N9O7. The van der Waals surface area contributed by atoms with Crippen LogP contribution in [0, 0.1) is 11.3 Å². The van der Waals surface area contributed by atoms with Crippen LogP contribution in [-0.2, 0) is 28.8 Å². The summed E-state index contributed by atoms with van der Waals surface area (Å²) in [5, 5.41) is 29.6. The van der Waals surface area contributed by atoms with Crippen LogP contribution >= 0.6 is 0 Å². The van der Waals surface area contributed by atoms with Crippen LogP contribution in [0.4, 0.5) is 0 Å². The number of carboxylic acid groups (broad SMARTS) is 1. The molecule has 1 fully saturated rings. The molecule has 1 aromatic carbocycles. The summed E-state index contributed by atoms with van der Waals surface area (Å²) in [6.45, 7) is 2.02. The topological polar surface area (TPSA) is 285 Å². The highest BCUT2D eigenvalue weighted by atomic mass is 16.4. The Morgan fingerprint density at radius 1 is 0.848 bits per heavy atom. The Hall–Kier alpha value is -4.73. The van der Waals surface area contributed by atoms with Crippen LogP contribution in [0.3, 0.4) is 0 Å². The van der Waals surface area contributed by atoms with Crippen LogP contribution in [0.25, 0.3) is 0 Å². The van der Waals surface area contributed by atoms with Crippen molar-refractivity contribution in [2.24, 2.45) is 23.1 Å². The van der Waals surface area contributed by atoms with E-state index in [0.717, 1.165) is 5.56 Å². The van der Waals surface area contributed by atoms with E-state index in [2.05, 4.69) is 26.6 Å². The molecule has 0 radical (unpaired) electrons. The molecule has 1 aliphatic carbocycles. The number of carbonyl (C=O) groups is 6. The van der Waals surface area contributed by atoms with Gasteiger partial charge in [-0.3, -0.25) is 29.4 Å². The van der Waals surface area contributed by atoms with Crippen molar-refractivity contribution in [2.45, 2.75) is 88.4 Å². The van der Waals surface area contributed by atoms with Gasteiger partial charge in [-0.15, -0.1) is 0 Å². The zero-order chi connectivity index (χ0) is 34.2. The first-order chi connectivity index (χ1) is 21.8. The Morgan fingerprint density at radius 2 is 1.46 bits per heavy atom. The monoisotopic (exact) mass is 645 g/mol. The number of benzene rings is 1. The van der Waals surface area contributed by atoms with Gasteiger partial charge in [0.15, 0.2) is 5.96 Å². The molecule has 0 aromatic heterocycles. The fraction of sp³-hybridized carbons (Fsp3) is 0.567. The fourth-order valence-corrected chi connectivity index (χ4v) is 4.88. The Kier molecular flexibility index (Phi) is 15.4. The minimum absolute atomic E-state index is 0.0406. The van der Waals surface area contributed by atoms with Crippen LogP contribution in [0.5, 0.6) is 0 Å². The SMILES string of the molecule is CC(NC(=O)[C@H](CCCNC(=N)N)NC(=O)[C@H]1C[C@H]1c1ccccc1)C(=O)N[C@@H](CCC(N)=O)C(=O)NC(CCCCN)C(=O)O. The highest BCUT2D eigenvalue weighted by Gasteiger charge is 2.44. The average Bonchev–Trinajstić information content (AvgIpc) is 3.81. The molecule has 0 spiro atoms. The Bertz CT molecular complexity index is 1230. The molecule has 0 bridgehead atoms. The van der Waals surface area contributed by atoms with Crippen molar-refractivity contribution in [3.05, 3.63) is 35.9 Å². The molecule has 16 nitrogen and oxygen atoms in total. The van der Waals surface area contributed by atoms with Gasteiger partial charge in [0, 0.05) is 18.9 Å². The minimum atomic E-state index is -1.31. The van der Waals surface area contributed by atoms with Gasteiger partial charge in [0.05, 0.1) is 0 Å². The van der Waals surface area contributed by atoms with E-state index in [9.17, 15) is 33.9 Å². The molecule has 1 saturated carbocycles. The lowest BCUT2D eigenvalue weighted by molar-refractivity contribution is -0.142. The molecule has 1 aromatic rings. The summed E-state index contributed by atoms with van der Waals surface area (Å²) < 4.78 is 0. The average molecular weight is 646 g/mol. The van der Waals surface area contributed by atoms with Crippen molar-refractivity contribution >= 4 is 41.5 Å². The third kappa shape index (κ3) is 13.1. The number of hydrogen-bond donors (Lipinski definition) is 10. The van der Waals surface area contributed by atoms with E-state index < -0.39 is 53.8 Å². The highest BCUT2D eigenvalue weighted by molar-refractivity contribution is 5.95. The predicted molar refractivity (Wildman–Crippen MR) is 169 cm³/mol. The van der Waals surface area contributed by atoms with E-state index in [1.807, 2.05) is 30.3 Å². The van der Waals surface area contributed by atoms with Crippen molar-refractivity contribution in [2.75, 3.05) is 13.1 Å². The smallest absolute Gasteiger partial charge is 0.326 e. The Balaban J connectivity index is 2.06. The van der Waals surface area contributed by atoms with E-state index in [1.165, 1.54) is 6.92 Å². The summed E-state index contributed by atoms with van der Waals surface area (Å²) in [4.78, 5) is 75.5. The van der Waals surface area contributed by atoms with Gasteiger partial charge in [0.2, 0.25) is 29.5 Å². The summed E-state index contributed by atoms with van der Waals surface area (Å²) in [6, 6.07) is 4.82. The van der Waals surface area contributed by atoms with Crippen LogP contribution in [-0.4, -0.2) is 83.8 Å². The number of primary amides is 1. The van der Waals surface area contributed by atoms with E-state index in [0.29, 0.717) is 32.2 Å². The molecule has 0 aliphatic heterocycles. The third-order valence-electron chi connectivity index (χ3n) is 7.60. The number of nitrogens with one attached hydrogen (secondary N) is 6. The summed E-state index contributed by atoms with van der Waals surface area (Å²) >= 11 is 0. The molecule has 0 saturated heterocycles. The van der Waals surface area contributed by atoms with Gasteiger partial charge in [-0.25, -0.2) is 4.79 Å². The zero-order valence-electron chi connectivity index (χ0n) is 26.1. The van der Waals surface area contributed by atoms with E-state index in [1.54, 1.807) is 0 Å². The maximum atomic E-state index is 13.3. The number of amides is 5. The summed E-state index contributed by atoms with van der Waals surface area (Å²) in [7, 11) is 0. The molecule has 254 valence electrons. The normalized spacial score (nSPS) is 17.7. The second kappa shape index (κ2) is 18.9. The Labute approximate surface area is 267 Å². The molecule has 6 atom stereocenters. The van der Waals surface area contributed by atoms with Crippen molar-refractivity contribution in [3.8, 4) is 0 Å². The van der Waals surface area contributed by atoms with Gasteiger partial charge in [-0.2, -0.15) is 0 Å². The predicted octanol–water partition coefficient (Wildman–Crippen LogP) is -1.51. The number of unbranched alkanes of at least 4 members (excludes halogenated alkanes) is 1. The number of carboxylic acids is 1. The molecule has 46 heavy (non-hydrogen) atoms. The number of carbonyl (C=O) groups excluding carboxylic acids is 5. The van der Waals surface area contributed by atoms with E-state index in [-0.39, 0.29) is 55.9 Å². The first-order valence-electron chi connectivity index (χ1n) is 15.4. The first kappa shape index (κ1) is 37.5. The third-order valence-corrected chi connectivity index (χ3v) is 7.60. The van der Waals surface area contributed by atoms with Gasteiger partial charge < -0.3 is 48.9 Å². The lowest BCUT2D eigenvalue weighted by atomic mass is 10.1. The van der Waals surface area contributed by atoms with Crippen molar-refractivity contribution in [1.29, 1.82) is 5.41 Å². The van der Waals surface area contributed by atoms with Crippen molar-refractivity contribution < 1.29 is 33.9 Å². The molecule has 2 unspecified atom stereocenters. The maximum Gasteiger partial charge on any atom is 0.326 e. The molecule has 1 aliphatic rings. The zero-order valence-corrected chi connectivity index (χ0v) is 26.1. The number of guanidine groups is 1. The highest BCUT2D eigenvalue weighted by Crippen LogP contribution is 2.47. The molecule has 5 amide bonds. The largest absolute Gasteiger partial charge is 0.480 e. The molecule has 13 N–H and O–H groups in total. The van der Waals surface area contributed by atoms with Crippen molar-refractivity contribution in [1.82, 2.24) is 26.6 Å². The molecule has 16 heteroatoms. The number of hydrogen-bond acceptors (Lipinski definition) is 8. The van der Waals surface area contributed by atoms with E-state index >= 15 is 0 Å². The minimum Gasteiger partial charge on any atom is -0.480 e. The fourth-order valence-electron chi connectivity index (χ4n) is 4.88.